The number of rotatable bonds is 54. The van der Waals surface area contributed by atoms with Crippen LogP contribution in [0.25, 0.3) is 0 Å². The van der Waals surface area contributed by atoms with Crippen LogP contribution in [-0.2, 0) is 14.3 Å². The quantitative estimate of drug-likeness (QED) is 0.0376. The van der Waals surface area contributed by atoms with Crippen LogP contribution in [0.5, 0.6) is 0 Å². The summed E-state index contributed by atoms with van der Waals surface area (Å²) < 4.78 is 11.3. The second-order valence-electron chi connectivity index (χ2n) is 19.4. The van der Waals surface area contributed by atoms with E-state index in [1.54, 1.807) is 0 Å². The molecule has 1 unspecified atom stereocenters. The van der Waals surface area contributed by atoms with E-state index in [2.05, 4.69) is 38.2 Å². The van der Waals surface area contributed by atoms with Crippen LogP contribution in [0.4, 0.5) is 0 Å². The molecule has 0 spiro atoms. The van der Waals surface area contributed by atoms with Crippen molar-refractivity contribution in [2.75, 3.05) is 19.8 Å². The highest BCUT2D eigenvalue weighted by molar-refractivity contribution is 5.69. The second kappa shape index (κ2) is 56.0. The van der Waals surface area contributed by atoms with E-state index in [4.69, 9.17) is 9.47 Å². The first-order valence-corrected chi connectivity index (χ1v) is 28.4. The van der Waals surface area contributed by atoms with E-state index in [0.717, 1.165) is 25.7 Å². The number of unbranched alkanes of at least 4 members (excludes halogenated alkanes) is 42. The molecule has 0 rings (SSSR count). The zero-order valence-corrected chi connectivity index (χ0v) is 42.4. The molecule has 62 heavy (non-hydrogen) atoms. The average molecular weight is 874 g/mol. The topological polar surface area (TPSA) is 55.8 Å². The fourth-order valence-corrected chi connectivity index (χ4v) is 8.78. The molecule has 1 N–H and O–H groups in total. The molecule has 0 aliphatic carbocycles. The molecule has 0 aromatic carbocycles. The number of hydrogen-bond donors (Lipinski definition) is 1. The van der Waals surface area contributed by atoms with Crippen molar-refractivity contribution in [2.45, 2.75) is 322 Å². The molecule has 0 saturated carbocycles. The maximum Gasteiger partial charge on any atom is 0.306 e. The number of carbonyl (C=O) groups excluding carboxylic acids is 1. The van der Waals surface area contributed by atoms with Crippen molar-refractivity contribution in [3.8, 4) is 0 Å². The number of ether oxygens (including phenoxy) is 2. The lowest BCUT2D eigenvalue weighted by Crippen LogP contribution is -2.27. The van der Waals surface area contributed by atoms with Crippen LogP contribution in [-0.4, -0.2) is 37.0 Å². The lowest BCUT2D eigenvalue weighted by molar-refractivity contribution is -0.154. The molecule has 368 valence electrons. The molecule has 1 atom stereocenters. The van der Waals surface area contributed by atoms with E-state index in [1.165, 1.54) is 270 Å². The summed E-state index contributed by atoms with van der Waals surface area (Å²) in [5.74, 6) is -0.194. The van der Waals surface area contributed by atoms with Gasteiger partial charge < -0.3 is 14.6 Å². The highest BCUT2D eigenvalue weighted by Gasteiger charge is 2.13. The van der Waals surface area contributed by atoms with Crippen molar-refractivity contribution in [1.82, 2.24) is 0 Å². The molecule has 0 aliphatic heterocycles. The Morgan fingerprint density at radius 1 is 0.387 bits per heavy atom. The Bertz CT molecular complexity index is 883. The molecule has 4 heteroatoms. The fourth-order valence-electron chi connectivity index (χ4n) is 8.78. The zero-order chi connectivity index (χ0) is 44.8. The maximum atomic E-state index is 12.3. The van der Waals surface area contributed by atoms with Gasteiger partial charge in [0.25, 0.3) is 0 Å². The summed E-state index contributed by atoms with van der Waals surface area (Å²) in [6, 6.07) is 0. The highest BCUT2D eigenvalue weighted by Crippen LogP contribution is 2.17. The molecule has 0 saturated heterocycles. The van der Waals surface area contributed by atoms with Gasteiger partial charge in [0.05, 0.1) is 13.2 Å². The first kappa shape index (κ1) is 60.9. The normalized spacial score (nSPS) is 12.4. The van der Waals surface area contributed by atoms with Gasteiger partial charge in [0, 0.05) is 13.0 Å². The molecular weight excluding hydrogens is 761 g/mol. The summed E-state index contributed by atoms with van der Waals surface area (Å²) in [5.41, 5.74) is 0. The monoisotopic (exact) mass is 873 g/mol. The van der Waals surface area contributed by atoms with Crippen LogP contribution in [0.15, 0.2) is 24.3 Å². The number of esters is 1. The molecular formula is C58H112O4. The third-order valence-electron chi connectivity index (χ3n) is 13.0. The van der Waals surface area contributed by atoms with Gasteiger partial charge in [-0.25, -0.2) is 0 Å². The van der Waals surface area contributed by atoms with Crippen LogP contribution in [0.2, 0.25) is 0 Å². The minimum Gasteiger partial charge on any atom is -0.457 e. The van der Waals surface area contributed by atoms with Gasteiger partial charge in [-0.15, -0.1) is 0 Å². The number of allylic oxidation sites excluding steroid dienone is 4. The zero-order valence-electron chi connectivity index (χ0n) is 42.4. The summed E-state index contributed by atoms with van der Waals surface area (Å²) in [7, 11) is 0. The van der Waals surface area contributed by atoms with Crippen LogP contribution < -0.4 is 0 Å². The van der Waals surface area contributed by atoms with Crippen LogP contribution >= 0.6 is 0 Å². The predicted molar refractivity (Wildman–Crippen MR) is 274 cm³/mol. The number of aliphatic hydroxyl groups excluding tert-OH is 1. The Morgan fingerprint density at radius 2 is 0.677 bits per heavy atom. The van der Waals surface area contributed by atoms with Gasteiger partial charge in [0.2, 0.25) is 0 Å². The lowest BCUT2D eigenvalue weighted by Gasteiger charge is -2.16. The summed E-state index contributed by atoms with van der Waals surface area (Å²) in [4.78, 5) is 12.3. The number of hydrogen-bond acceptors (Lipinski definition) is 4. The van der Waals surface area contributed by atoms with Gasteiger partial charge in [-0.05, 0) is 44.9 Å². The molecule has 0 amide bonds. The van der Waals surface area contributed by atoms with Crippen molar-refractivity contribution in [2.24, 2.45) is 0 Å². The Labute approximate surface area is 389 Å². The van der Waals surface area contributed by atoms with Crippen molar-refractivity contribution >= 4 is 5.97 Å². The predicted octanol–water partition coefficient (Wildman–Crippen LogP) is 19.4. The number of aliphatic hydroxyl groups is 1. The first-order chi connectivity index (χ1) is 30.7. The molecule has 0 fully saturated rings. The van der Waals surface area contributed by atoms with Crippen LogP contribution in [0.1, 0.15) is 316 Å². The third-order valence-corrected chi connectivity index (χ3v) is 13.0. The van der Waals surface area contributed by atoms with Gasteiger partial charge in [0.15, 0.2) is 0 Å². The van der Waals surface area contributed by atoms with Crippen molar-refractivity contribution < 1.29 is 19.4 Å². The number of carbonyl (C=O) groups is 1. The van der Waals surface area contributed by atoms with Crippen molar-refractivity contribution in [1.29, 1.82) is 0 Å². The van der Waals surface area contributed by atoms with Gasteiger partial charge >= 0.3 is 5.97 Å². The fraction of sp³-hybridized carbons (Fsp3) is 0.914. The van der Waals surface area contributed by atoms with Gasteiger partial charge in [0.1, 0.15) is 6.10 Å². The SMILES string of the molecule is CCCCCCC/C=C\C/C=C\CCCCCCCCCCCCCCCC(=O)OC(CO)COCCCCCCCCCCCCCCCCCCCCCCCCCCC. The first-order valence-electron chi connectivity index (χ1n) is 28.4. The second-order valence-corrected chi connectivity index (χ2v) is 19.4. The van der Waals surface area contributed by atoms with E-state index in [1.807, 2.05) is 0 Å². The van der Waals surface area contributed by atoms with E-state index in [9.17, 15) is 9.90 Å². The van der Waals surface area contributed by atoms with Gasteiger partial charge in [-0.3, -0.25) is 4.79 Å². The largest absolute Gasteiger partial charge is 0.457 e. The van der Waals surface area contributed by atoms with Crippen LogP contribution in [0.3, 0.4) is 0 Å². The summed E-state index contributed by atoms with van der Waals surface area (Å²) in [6.45, 7) is 5.40. The molecule has 0 aromatic rings. The summed E-state index contributed by atoms with van der Waals surface area (Å²) in [5, 5.41) is 9.68. The molecule has 0 aliphatic rings. The van der Waals surface area contributed by atoms with Gasteiger partial charge in [-0.2, -0.15) is 0 Å². The van der Waals surface area contributed by atoms with E-state index < -0.39 is 6.10 Å². The minimum absolute atomic E-state index is 0.166. The van der Waals surface area contributed by atoms with Gasteiger partial charge in [-0.1, -0.05) is 289 Å². The van der Waals surface area contributed by atoms with E-state index in [-0.39, 0.29) is 12.6 Å². The average Bonchev–Trinajstić information content (AvgIpc) is 3.28. The minimum atomic E-state index is -0.532. The smallest absolute Gasteiger partial charge is 0.306 e. The summed E-state index contributed by atoms with van der Waals surface area (Å²) in [6.07, 6.45) is 71.6. The van der Waals surface area contributed by atoms with Crippen molar-refractivity contribution in [3.63, 3.8) is 0 Å². The summed E-state index contributed by atoms with van der Waals surface area (Å²) >= 11 is 0. The Hall–Kier alpha value is -1.13. The molecule has 4 nitrogen and oxygen atoms in total. The standard InChI is InChI=1S/C58H112O4/c1-3-5-7-9-11-13-15-17-19-21-23-25-27-29-31-33-35-37-39-41-43-45-47-49-51-53-58(60)62-57(55-59)56-61-54-52-50-48-46-44-42-40-38-36-34-32-30-28-26-24-22-20-18-16-14-12-10-8-6-4-2/h15,17,21,23,57,59H,3-14,16,18-20,22,24-56H2,1-2H3/b17-15-,23-21-. The molecule has 0 heterocycles. The Morgan fingerprint density at radius 3 is 1.00 bits per heavy atom. The van der Waals surface area contributed by atoms with E-state index in [0.29, 0.717) is 19.6 Å². The van der Waals surface area contributed by atoms with Crippen molar-refractivity contribution in [3.05, 3.63) is 24.3 Å². The highest BCUT2D eigenvalue weighted by atomic mass is 16.6. The van der Waals surface area contributed by atoms with Crippen LogP contribution in [0, 0.1) is 0 Å². The van der Waals surface area contributed by atoms with E-state index >= 15 is 0 Å². The Balaban J connectivity index is 3.34. The third kappa shape index (κ3) is 53.2. The maximum absolute atomic E-state index is 12.3. The molecule has 0 bridgehead atoms. The molecule has 0 radical (unpaired) electrons. The molecule has 0 aromatic heterocycles. The Kier molecular flexibility index (Phi) is 55.0. The lowest BCUT2D eigenvalue weighted by atomic mass is 10.0.